The van der Waals surface area contributed by atoms with E-state index in [1.807, 2.05) is 39.8 Å². The van der Waals surface area contributed by atoms with E-state index in [1.54, 1.807) is 6.20 Å². The molecule has 4 unspecified atom stereocenters. The van der Waals surface area contributed by atoms with Crippen LogP contribution in [0.25, 0.3) is 28.3 Å². The molecule has 51 heavy (non-hydrogen) atoms. The third-order valence-electron chi connectivity index (χ3n) is 10.8. The van der Waals surface area contributed by atoms with Crippen molar-refractivity contribution in [3.05, 3.63) is 124 Å². The Morgan fingerprint density at radius 3 is 2.73 bits per heavy atom. The van der Waals surface area contributed by atoms with Crippen LogP contribution in [0, 0.1) is 5.92 Å². The highest BCUT2D eigenvalue weighted by atomic mass is 16.5. The molecular formula is C41H35N5O5. The summed E-state index contributed by atoms with van der Waals surface area (Å²) in [5.41, 5.74) is 9.42. The van der Waals surface area contributed by atoms with Crippen molar-refractivity contribution in [3.8, 4) is 28.5 Å². The molecule has 6 heterocycles. The number of para-hydroxylation sites is 1. The zero-order chi connectivity index (χ0) is 34.8. The van der Waals surface area contributed by atoms with Crippen molar-refractivity contribution in [1.82, 2.24) is 20.6 Å². The highest BCUT2D eigenvalue weighted by Crippen LogP contribution is 2.61. The average Bonchev–Trinajstić information content (AvgIpc) is 3.92. The van der Waals surface area contributed by atoms with Gasteiger partial charge in [-0.15, -0.1) is 0 Å². The maximum absolute atomic E-state index is 14.1. The van der Waals surface area contributed by atoms with Gasteiger partial charge < -0.3 is 29.5 Å². The zero-order valence-electron chi connectivity index (χ0n) is 28.6. The number of benzene rings is 3. The van der Waals surface area contributed by atoms with Gasteiger partial charge in [-0.25, -0.2) is 9.97 Å². The Labute approximate surface area is 294 Å². The van der Waals surface area contributed by atoms with Crippen molar-refractivity contribution < 1.29 is 23.2 Å². The number of carbonyl (C=O) groups is 2. The molecule has 2 aromatic heterocycles. The second-order valence-electron chi connectivity index (χ2n) is 14.6. The Morgan fingerprint density at radius 1 is 1.04 bits per heavy atom. The number of hydrogen-bond donors (Lipinski definition) is 3. The summed E-state index contributed by atoms with van der Waals surface area (Å²) in [5, 5.41) is 9.94. The van der Waals surface area contributed by atoms with Gasteiger partial charge in [-0.2, -0.15) is 0 Å². The fourth-order valence-electron chi connectivity index (χ4n) is 8.58. The molecule has 5 aromatic rings. The molecule has 3 N–H and O–H groups in total. The lowest BCUT2D eigenvalue weighted by Crippen LogP contribution is -2.49. The van der Waals surface area contributed by atoms with Crippen LogP contribution in [-0.2, 0) is 27.8 Å². The smallest absolute Gasteiger partial charge is 0.249 e. The number of aromatic nitrogens is 2. The van der Waals surface area contributed by atoms with Gasteiger partial charge in [0.15, 0.2) is 23.4 Å². The maximum atomic E-state index is 14.1. The molecule has 2 amide bonds. The standard InChI is InChI=1S/C41H35N5O5/c1-19(2)15-31(47)43-28-17-21-11-14-29-27(16-21)41-26-10-6-9-24(34(26)46-40(41)50-29)23-8-5-7-22-12-13-25(32(22)23)30-18-42-38(49-30)35-36(41)51-39(45-35)33(20(3)4)44-37(28)48/h5-11,13-16,18,20,28,33,40,46H,12,17H2,1-4H3,(H,43,47)(H,44,48). The second kappa shape index (κ2) is 10.6. The Bertz CT molecular complexity index is 2410. The van der Waals surface area contributed by atoms with Crippen LogP contribution in [0.1, 0.15) is 79.0 Å². The van der Waals surface area contributed by atoms with Crippen LogP contribution < -0.4 is 20.7 Å². The summed E-state index contributed by atoms with van der Waals surface area (Å²) in [7, 11) is 0. The number of nitrogens with zero attached hydrogens (tertiary/aromatic N) is 2. The summed E-state index contributed by atoms with van der Waals surface area (Å²) in [6.45, 7) is 7.70. The summed E-state index contributed by atoms with van der Waals surface area (Å²) >= 11 is 0. The molecule has 0 saturated carbocycles. The number of carbonyl (C=O) groups excluding carboxylic acids is 2. The summed E-state index contributed by atoms with van der Waals surface area (Å²) in [4.78, 5) is 37.1. The van der Waals surface area contributed by atoms with E-state index in [-0.39, 0.29) is 24.2 Å². The van der Waals surface area contributed by atoms with Crippen LogP contribution in [-0.4, -0.2) is 34.1 Å². The van der Waals surface area contributed by atoms with Crippen LogP contribution in [0.4, 0.5) is 5.69 Å². The molecule has 254 valence electrons. The first-order chi connectivity index (χ1) is 24.7. The van der Waals surface area contributed by atoms with Gasteiger partial charge in [-0.1, -0.05) is 74.0 Å². The lowest BCUT2D eigenvalue weighted by Gasteiger charge is -2.28. The van der Waals surface area contributed by atoms with Crippen molar-refractivity contribution in [3.63, 3.8) is 0 Å². The second-order valence-corrected chi connectivity index (χ2v) is 14.6. The van der Waals surface area contributed by atoms with E-state index in [0.717, 1.165) is 56.6 Å². The minimum absolute atomic E-state index is 0.119. The third kappa shape index (κ3) is 4.16. The molecule has 10 nitrogen and oxygen atoms in total. The van der Waals surface area contributed by atoms with Gasteiger partial charge in [-0.3, -0.25) is 9.59 Å². The first-order valence-corrected chi connectivity index (χ1v) is 17.5. The highest BCUT2D eigenvalue weighted by Gasteiger charge is 2.61. The highest BCUT2D eigenvalue weighted by molar-refractivity contribution is 5.97. The van der Waals surface area contributed by atoms with Crippen molar-refractivity contribution >= 4 is 23.1 Å². The minimum atomic E-state index is -1.01. The molecule has 4 aliphatic heterocycles. The molecule has 0 radical (unpaired) electrons. The van der Waals surface area contributed by atoms with Gasteiger partial charge in [0.05, 0.1) is 6.20 Å². The van der Waals surface area contributed by atoms with Gasteiger partial charge in [0.2, 0.25) is 23.6 Å². The maximum Gasteiger partial charge on any atom is 0.249 e. The number of ether oxygens (including phenoxy) is 1. The van der Waals surface area contributed by atoms with Gasteiger partial charge in [0.1, 0.15) is 23.2 Å². The molecule has 0 saturated heterocycles. The fourth-order valence-corrected chi connectivity index (χ4v) is 8.58. The number of fused-ring (bicyclic) bond motifs is 7. The number of hydrogen-bond acceptors (Lipinski definition) is 8. The van der Waals surface area contributed by atoms with E-state index >= 15 is 0 Å². The first-order valence-electron chi connectivity index (χ1n) is 17.5. The van der Waals surface area contributed by atoms with E-state index in [0.29, 0.717) is 34.7 Å². The van der Waals surface area contributed by atoms with E-state index in [1.165, 1.54) is 11.6 Å². The number of nitrogens with one attached hydrogen (secondary N) is 3. The van der Waals surface area contributed by atoms with Crippen LogP contribution in [0.3, 0.4) is 0 Å². The molecule has 3 aromatic carbocycles. The monoisotopic (exact) mass is 677 g/mol. The van der Waals surface area contributed by atoms with Crippen molar-refractivity contribution in [2.45, 2.75) is 64.3 Å². The lowest BCUT2D eigenvalue weighted by molar-refractivity contribution is -0.128. The molecule has 10 rings (SSSR count). The van der Waals surface area contributed by atoms with Crippen molar-refractivity contribution in [2.24, 2.45) is 5.92 Å². The summed E-state index contributed by atoms with van der Waals surface area (Å²) in [6.07, 6.45) is 5.92. The first kappa shape index (κ1) is 30.0. The number of amides is 2. The molecule has 10 heteroatoms. The molecular weight excluding hydrogens is 642 g/mol. The molecule has 4 atom stereocenters. The number of rotatable bonds is 3. The van der Waals surface area contributed by atoms with Gasteiger partial charge in [-0.05, 0) is 54.5 Å². The third-order valence-corrected chi connectivity index (χ3v) is 10.8. The lowest BCUT2D eigenvalue weighted by atomic mass is 9.72. The van der Waals surface area contributed by atoms with E-state index in [2.05, 4.69) is 64.5 Å². The SMILES string of the molecule is CC(C)=CC(=O)NC1Cc2ccc3c(c2)C24c5cccc(c5NC2O3)-c2cccc3c2C(=CC3)c2cnc(o2)-c2nc(oc24)C(C(C)C)NC1=O. The van der Waals surface area contributed by atoms with Crippen molar-refractivity contribution in [2.75, 3.05) is 5.32 Å². The Hall–Kier alpha value is -5.90. The van der Waals surface area contributed by atoms with Crippen molar-refractivity contribution in [1.29, 1.82) is 0 Å². The largest absolute Gasteiger partial charge is 0.469 e. The Kier molecular flexibility index (Phi) is 6.20. The Morgan fingerprint density at radius 2 is 1.88 bits per heavy atom. The zero-order valence-corrected chi connectivity index (χ0v) is 28.6. The van der Waals surface area contributed by atoms with Crippen LogP contribution in [0.15, 0.2) is 87.4 Å². The normalized spacial score (nSPS) is 22.7. The number of allylic oxidation sites excluding steroid dienone is 2. The van der Waals surface area contributed by atoms with E-state index in [4.69, 9.17) is 23.5 Å². The summed E-state index contributed by atoms with van der Waals surface area (Å²) in [5.74, 6) is 1.72. The number of oxazole rings is 2. The van der Waals surface area contributed by atoms with E-state index < -0.39 is 23.7 Å². The molecule has 1 aliphatic carbocycles. The predicted molar refractivity (Wildman–Crippen MR) is 190 cm³/mol. The van der Waals surface area contributed by atoms with Crippen LogP contribution in [0.2, 0.25) is 0 Å². The van der Waals surface area contributed by atoms with Gasteiger partial charge in [0, 0.05) is 40.4 Å². The average molecular weight is 678 g/mol. The topological polar surface area (TPSA) is 132 Å². The van der Waals surface area contributed by atoms with Crippen LogP contribution in [0.5, 0.6) is 5.75 Å². The quantitative estimate of drug-likeness (QED) is 0.182. The Balaban J connectivity index is 1.29. The summed E-state index contributed by atoms with van der Waals surface area (Å²) in [6, 6.07) is 17.3. The van der Waals surface area contributed by atoms with Gasteiger partial charge in [0.25, 0.3) is 0 Å². The van der Waals surface area contributed by atoms with Crippen LogP contribution >= 0.6 is 0 Å². The summed E-state index contributed by atoms with van der Waals surface area (Å²) < 4.78 is 20.5. The van der Waals surface area contributed by atoms with Gasteiger partial charge >= 0.3 is 0 Å². The predicted octanol–water partition coefficient (Wildman–Crippen LogP) is 6.60. The van der Waals surface area contributed by atoms with E-state index in [9.17, 15) is 9.59 Å². The molecule has 0 fully saturated rings. The molecule has 1 spiro atoms. The number of anilines is 1. The fraction of sp³-hybridized carbons (Fsp3) is 0.268. The molecule has 10 bridgehead atoms. The minimum Gasteiger partial charge on any atom is -0.469 e. The molecule has 5 aliphatic rings.